The summed E-state index contributed by atoms with van der Waals surface area (Å²) in [6.07, 6.45) is 5.02. The number of unbranched alkanes of at least 4 members (excludes halogenated alkanes) is 3. The molecule has 0 saturated heterocycles. The predicted molar refractivity (Wildman–Crippen MR) is 71.5 cm³/mol. The molecule has 0 heterocycles. The van der Waals surface area contributed by atoms with E-state index in [1.165, 1.54) is 6.07 Å². The molecule has 1 rings (SSSR count). The fourth-order valence-electron chi connectivity index (χ4n) is 2.20. The highest BCUT2D eigenvalue weighted by Gasteiger charge is 2.19. The number of halogens is 3. The highest BCUT2D eigenvalue weighted by atomic mass is 19.2. The zero-order chi connectivity index (χ0) is 14.3. The Hall–Kier alpha value is -1.03. The Labute approximate surface area is 113 Å². The first-order chi connectivity index (χ1) is 9.11. The van der Waals surface area contributed by atoms with Crippen LogP contribution in [0.25, 0.3) is 0 Å². The van der Waals surface area contributed by atoms with Crippen LogP contribution in [0.2, 0.25) is 0 Å². The number of hydrogen-bond acceptors (Lipinski definition) is 1. The molecule has 4 heteroatoms. The van der Waals surface area contributed by atoms with E-state index in [4.69, 9.17) is 0 Å². The summed E-state index contributed by atoms with van der Waals surface area (Å²) in [5.41, 5.74) is 0.220. The summed E-state index contributed by atoms with van der Waals surface area (Å²) in [5, 5.41) is 3.13. The summed E-state index contributed by atoms with van der Waals surface area (Å²) < 4.78 is 39.9. The molecule has 0 spiro atoms. The van der Waals surface area contributed by atoms with Crippen molar-refractivity contribution in [2.45, 2.75) is 52.0 Å². The first-order valence-electron chi connectivity index (χ1n) is 6.98. The molecule has 0 aromatic heterocycles. The zero-order valence-corrected chi connectivity index (χ0v) is 11.6. The second-order valence-electron chi connectivity index (χ2n) is 4.72. The smallest absolute Gasteiger partial charge is 0.194 e. The lowest BCUT2D eigenvalue weighted by atomic mass is 9.99. The monoisotopic (exact) mass is 273 g/mol. The van der Waals surface area contributed by atoms with Crippen LogP contribution in [0.5, 0.6) is 0 Å². The van der Waals surface area contributed by atoms with E-state index in [9.17, 15) is 13.2 Å². The number of benzene rings is 1. The van der Waals surface area contributed by atoms with Gasteiger partial charge in [-0.05, 0) is 19.0 Å². The molecule has 1 atom stereocenters. The fraction of sp³-hybridized carbons (Fsp3) is 0.600. The van der Waals surface area contributed by atoms with Crippen molar-refractivity contribution in [3.63, 3.8) is 0 Å². The topological polar surface area (TPSA) is 12.0 Å². The van der Waals surface area contributed by atoms with Crippen molar-refractivity contribution < 1.29 is 13.2 Å². The summed E-state index contributed by atoms with van der Waals surface area (Å²) in [6, 6.07) is 2.07. The van der Waals surface area contributed by atoms with Crippen molar-refractivity contribution >= 4 is 0 Å². The van der Waals surface area contributed by atoms with Crippen LogP contribution in [0.15, 0.2) is 12.1 Å². The Balaban J connectivity index is 2.78. The van der Waals surface area contributed by atoms with E-state index in [2.05, 4.69) is 12.2 Å². The van der Waals surface area contributed by atoms with Crippen molar-refractivity contribution in [2.24, 2.45) is 0 Å². The van der Waals surface area contributed by atoms with E-state index in [1.807, 2.05) is 6.92 Å². The van der Waals surface area contributed by atoms with Crippen LogP contribution in [0.3, 0.4) is 0 Å². The van der Waals surface area contributed by atoms with E-state index in [0.717, 1.165) is 38.2 Å². The van der Waals surface area contributed by atoms with Crippen LogP contribution in [0.1, 0.15) is 57.6 Å². The predicted octanol–water partition coefficient (Wildman–Crippen LogP) is 4.72. The lowest BCUT2D eigenvalue weighted by molar-refractivity contribution is 0.413. The summed E-state index contributed by atoms with van der Waals surface area (Å²) in [7, 11) is 0. The average Bonchev–Trinajstić information content (AvgIpc) is 2.40. The van der Waals surface area contributed by atoms with E-state index in [-0.39, 0.29) is 11.6 Å². The van der Waals surface area contributed by atoms with Gasteiger partial charge in [0.15, 0.2) is 17.5 Å². The lowest BCUT2D eigenvalue weighted by Gasteiger charge is -2.19. The summed E-state index contributed by atoms with van der Waals surface area (Å²) in [6.45, 7) is 4.70. The molecule has 1 unspecified atom stereocenters. The number of hydrogen-bond donors (Lipinski definition) is 1. The van der Waals surface area contributed by atoms with Gasteiger partial charge in [-0.15, -0.1) is 0 Å². The van der Waals surface area contributed by atoms with E-state index in [1.54, 1.807) is 0 Å². The zero-order valence-electron chi connectivity index (χ0n) is 11.6. The molecule has 1 aromatic rings. The summed E-state index contributed by atoms with van der Waals surface area (Å²) >= 11 is 0. The third-order valence-corrected chi connectivity index (χ3v) is 3.24. The van der Waals surface area contributed by atoms with E-state index in [0.29, 0.717) is 6.54 Å². The van der Waals surface area contributed by atoms with E-state index >= 15 is 0 Å². The maximum atomic E-state index is 13.8. The average molecular weight is 273 g/mol. The van der Waals surface area contributed by atoms with Crippen molar-refractivity contribution in [2.75, 3.05) is 6.54 Å². The first-order valence-corrected chi connectivity index (χ1v) is 6.98. The standard InChI is InChI=1S/C15H22F3N/c1-3-5-6-7-8-13(19-4-2)11-9-10-12(16)15(18)14(11)17/h9-10,13,19H,3-8H2,1-2H3. The summed E-state index contributed by atoms with van der Waals surface area (Å²) in [4.78, 5) is 0. The van der Waals surface area contributed by atoms with Gasteiger partial charge >= 0.3 is 0 Å². The molecule has 0 aliphatic heterocycles. The largest absolute Gasteiger partial charge is 0.310 e. The molecule has 0 radical (unpaired) electrons. The van der Waals surface area contributed by atoms with Crippen LogP contribution >= 0.6 is 0 Å². The van der Waals surface area contributed by atoms with Gasteiger partial charge in [0.25, 0.3) is 0 Å². The SMILES string of the molecule is CCCCCCC(NCC)c1ccc(F)c(F)c1F. The molecular weight excluding hydrogens is 251 g/mol. The Morgan fingerprint density at radius 3 is 2.37 bits per heavy atom. The van der Waals surface area contributed by atoms with Crippen LogP contribution < -0.4 is 5.32 Å². The van der Waals surface area contributed by atoms with Crippen LogP contribution in [0, 0.1) is 17.5 Å². The van der Waals surface area contributed by atoms with Crippen LogP contribution in [-0.4, -0.2) is 6.54 Å². The highest BCUT2D eigenvalue weighted by Crippen LogP contribution is 2.25. The molecule has 0 aliphatic carbocycles. The van der Waals surface area contributed by atoms with Gasteiger partial charge < -0.3 is 5.32 Å². The Kier molecular flexibility index (Phi) is 6.92. The molecule has 19 heavy (non-hydrogen) atoms. The molecular formula is C15H22F3N. The van der Waals surface area contributed by atoms with Gasteiger partial charge in [-0.25, -0.2) is 13.2 Å². The highest BCUT2D eigenvalue weighted by molar-refractivity contribution is 5.23. The second-order valence-corrected chi connectivity index (χ2v) is 4.72. The molecule has 1 aromatic carbocycles. The van der Waals surface area contributed by atoms with E-state index < -0.39 is 17.5 Å². The van der Waals surface area contributed by atoms with Crippen molar-refractivity contribution in [1.82, 2.24) is 5.32 Å². The molecule has 0 bridgehead atoms. The quantitative estimate of drug-likeness (QED) is 0.533. The molecule has 0 fully saturated rings. The van der Waals surface area contributed by atoms with Gasteiger partial charge in [0, 0.05) is 11.6 Å². The van der Waals surface area contributed by atoms with Gasteiger partial charge in [-0.3, -0.25) is 0 Å². The molecule has 0 saturated carbocycles. The molecule has 0 amide bonds. The molecule has 1 nitrogen and oxygen atoms in total. The van der Waals surface area contributed by atoms with Gasteiger partial charge in [-0.2, -0.15) is 0 Å². The van der Waals surface area contributed by atoms with Crippen LogP contribution in [0.4, 0.5) is 13.2 Å². The van der Waals surface area contributed by atoms with Gasteiger partial charge in [-0.1, -0.05) is 45.6 Å². The minimum Gasteiger partial charge on any atom is -0.310 e. The maximum absolute atomic E-state index is 13.8. The van der Waals surface area contributed by atoms with Crippen molar-refractivity contribution in [3.8, 4) is 0 Å². The van der Waals surface area contributed by atoms with Crippen molar-refractivity contribution in [1.29, 1.82) is 0 Å². The minimum atomic E-state index is -1.38. The van der Waals surface area contributed by atoms with Crippen molar-refractivity contribution in [3.05, 3.63) is 35.1 Å². The Morgan fingerprint density at radius 1 is 1.00 bits per heavy atom. The lowest BCUT2D eigenvalue weighted by Crippen LogP contribution is -2.22. The number of rotatable bonds is 8. The van der Waals surface area contributed by atoms with Gasteiger partial charge in [0.2, 0.25) is 0 Å². The molecule has 0 aliphatic rings. The molecule has 1 N–H and O–H groups in total. The minimum absolute atomic E-state index is 0.220. The number of nitrogens with one attached hydrogen (secondary N) is 1. The van der Waals surface area contributed by atoms with Gasteiger partial charge in [0.1, 0.15) is 0 Å². The Morgan fingerprint density at radius 2 is 1.74 bits per heavy atom. The second kappa shape index (κ2) is 8.20. The maximum Gasteiger partial charge on any atom is 0.194 e. The molecule has 108 valence electrons. The third kappa shape index (κ3) is 4.53. The Bertz CT molecular complexity index is 393. The normalized spacial score (nSPS) is 12.7. The summed E-state index contributed by atoms with van der Waals surface area (Å²) in [5.74, 6) is -3.59. The third-order valence-electron chi connectivity index (χ3n) is 3.24. The van der Waals surface area contributed by atoms with Gasteiger partial charge in [0.05, 0.1) is 0 Å². The first kappa shape index (κ1) is 16.0. The van der Waals surface area contributed by atoms with Crippen LogP contribution in [-0.2, 0) is 0 Å². The fourth-order valence-corrected chi connectivity index (χ4v) is 2.20.